The van der Waals surface area contributed by atoms with E-state index in [1.807, 2.05) is 25.1 Å². The molecule has 0 heterocycles. The number of hydrogen-bond donors (Lipinski definition) is 2. The Bertz CT molecular complexity index is 647. The number of nitrogens with one attached hydrogen (secondary N) is 1. The van der Waals surface area contributed by atoms with E-state index in [1.54, 1.807) is 0 Å². The second-order valence-corrected chi connectivity index (χ2v) is 6.09. The van der Waals surface area contributed by atoms with Crippen molar-refractivity contribution in [2.24, 2.45) is 5.84 Å². The van der Waals surface area contributed by atoms with Crippen LogP contribution in [0.2, 0.25) is 0 Å². The van der Waals surface area contributed by atoms with Crippen molar-refractivity contribution in [2.45, 2.75) is 13.0 Å². The first-order chi connectivity index (χ1) is 9.45. The molecule has 3 N–H and O–H groups in total. The van der Waals surface area contributed by atoms with Gasteiger partial charge in [0, 0.05) is 10.0 Å². The minimum absolute atomic E-state index is 0.117. The summed E-state index contributed by atoms with van der Waals surface area (Å²) in [4.78, 5) is 0. The van der Waals surface area contributed by atoms with Crippen molar-refractivity contribution in [3.8, 4) is 0 Å². The number of rotatable bonds is 3. The average molecular weight is 406 g/mol. The van der Waals surface area contributed by atoms with E-state index in [0.29, 0.717) is 5.56 Å². The van der Waals surface area contributed by atoms with Crippen LogP contribution in [0.15, 0.2) is 39.3 Å². The first-order valence-electron chi connectivity index (χ1n) is 5.81. The summed E-state index contributed by atoms with van der Waals surface area (Å²) in [6.07, 6.45) is 0. The predicted molar refractivity (Wildman–Crippen MR) is 82.1 cm³/mol. The molecule has 1 atom stereocenters. The molecule has 0 amide bonds. The molecule has 6 heteroatoms. The van der Waals surface area contributed by atoms with E-state index in [-0.39, 0.29) is 10.0 Å². The lowest BCUT2D eigenvalue weighted by atomic mass is 9.97. The third kappa shape index (κ3) is 2.93. The summed E-state index contributed by atoms with van der Waals surface area (Å²) in [6, 6.07) is 7.29. The van der Waals surface area contributed by atoms with Gasteiger partial charge >= 0.3 is 0 Å². The Kier molecular flexibility index (Phi) is 4.90. The molecule has 106 valence electrons. The molecule has 0 saturated carbocycles. The van der Waals surface area contributed by atoms with Crippen LogP contribution in [-0.2, 0) is 0 Å². The zero-order valence-corrected chi connectivity index (χ0v) is 13.7. The zero-order valence-electron chi connectivity index (χ0n) is 10.6. The Morgan fingerprint density at radius 3 is 2.40 bits per heavy atom. The fourth-order valence-electron chi connectivity index (χ4n) is 2.02. The normalized spacial score (nSPS) is 12.5. The summed E-state index contributed by atoms with van der Waals surface area (Å²) in [7, 11) is 0. The van der Waals surface area contributed by atoms with Crippen molar-refractivity contribution < 1.29 is 8.78 Å². The van der Waals surface area contributed by atoms with Gasteiger partial charge in [-0.2, -0.15) is 0 Å². The average Bonchev–Trinajstić information content (AvgIpc) is 2.42. The van der Waals surface area contributed by atoms with Gasteiger partial charge in [0.1, 0.15) is 11.6 Å². The Hall–Kier alpha value is -0.820. The Labute approximate surface area is 132 Å². The highest BCUT2D eigenvalue weighted by atomic mass is 79.9. The Balaban J connectivity index is 2.64. The van der Waals surface area contributed by atoms with Gasteiger partial charge < -0.3 is 0 Å². The highest BCUT2D eigenvalue weighted by molar-refractivity contribution is 9.10. The molecule has 0 radical (unpaired) electrons. The van der Waals surface area contributed by atoms with Crippen molar-refractivity contribution >= 4 is 31.9 Å². The van der Waals surface area contributed by atoms with E-state index in [1.165, 1.54) is 12.1 Å². The molecule has 0 fully saturated rings. The maximum absolute atomic E-state index is 14.2. The number of benzene rings is 2. The van der Waals surface area contributed by atoms with Gasteiger partial charge in [-0.05, 0) is 46.6 Å². The minimum atomic E-state index is -0.790. The molecule has 20 heavy (non-hydrogen) atoms. The topological polar surface area (TPSA) is 38.0 Å². The second-order valence-electron chi connectivity index (χ2n) is 4.38. The lowest BCUT2D eigenvalue weighted by Gasteiger charge is -2.20. The highest BCUT2D eigenvalue weighted by Crippen LogP contribution is 2.34. The maximum atomic E-state index is 14.2. The Morgan fingerprint density at radius 2 is 1.75 bits per heavy atom. The van der Waals surface area contributed by atoms with Crippen molar-refractivity contribution in [1.82, 2.24) is 5.43 Å². The summed E-state index contributed by atoms with van der Waals surface area (Å²) < 4.78 is 29.2. The largest absolute Gasteiger partial charge is 0.271 e. The summed E-state index contributed by atoms with van der Waals surface area (Å²) >= 11 is 6.45. The van der Waals surface area contributed by atoms with E-state index >= 15 is 0 Å². The first kappa shape index (κ1) is 15.6. The zero-order chi connectivity index (χ0) is 14.9. The fraction of sp³-hybridized carbons (Fsp3) is 0.143. The van der Waals surface area contributed by atoms with Gasteiger partial charge in [-0.25, -0.2) is 14.2 Å². The van der Waals surface area contributed by atoms with Gasteiger partial charge in [-0.15, -0.1) is 0 Å². The molecule has 2 rings (SSSR count). The van der Waals surface area contributed by atoms with Crippen molar-refractivity contribution in [1.29, 1.82) is 0 Å². The molecular formula is C14H12Br2F2N2. The van der Waals surface area contributed by atoms with Gasteiger partial charge in [0.2, 0.25) is 0 Å². The minimum Gasteiger partial charge on any atom is -0.271 e. The van der Waals surface area contributed by atoms with Crippen LogP contribution in [0.3, 0.4) is 0 Å². The molecule has 0 saturated heterocycles. The van der Waals surface area contributed by atoms with E-state index in [2.05, 4.69) is 37.3 Å². The van der Waals surface area contributed by atoms with Gasteiger partial charge in [0.05, 0.1) is 10.5 Å². The Morgan fingerprint density at radius 1 is 1.10 bits per heavy atom. The summed E-state index contributed by atoms with van der Waals surface area (Å²) in [5.74, 6) is 4.21. The second kappa shape index (κ2) is 6.30. The van der Waals surface area contributed by atoms with Crippen molar-refractivity contribution in [3.05, 3.63) is 67.6 Å². The molecule has 0 aromatic heterocycles. The number of hydrazine groups is 1. The van der Waals surface area contributed by atoms with Gasteiger partial charge in [-0.1, -0.05) is 33.6 Å². The molecule has 0 spiro atoms. The van der Waals surface area contributed by atoms with Crippen LogP contribution >= 0.6 is 31.9 Å². The number of nitrogens with two attached hydrogens (primary N) is 1. The van der Waals surface area contributed by atoms with Crippen LogP contribution in [0.25, 0.3) is 0 Å². The lowest BCUT2D eigenvalue weighted by Crippen LogP contribution is -2.30. The number of aryl methyl sites for hydroxylation is 1. The highest BCUT2D eigenvalue weighted by Gasteiger charge is 2.24. The van der Waals surface area contributed by atoms with Crippen molar-refractivity contribution in [2.75, 3.05) is 0 Å². The molecule has 2 nitrogen and oxygen atoms in total. The predicted octanol–water partition coefficient (Wildman–Crippen LogP) is 4.35. The molecule has 2 aromatic carbocycles. The summed E-state index contributed by atoms with van der Waals surface area (Å²) in [5, 5.41) is 0. The van der Waals surface area contributed by atoms with Crippen LogP contribution in [0.4, 0.5) is 8.78 Å². The van der Waals surface area contributed by atoms with Crippen molar-refractivity contribution in [3.63, 3.8) is 0 Å². The van der Waals surface area contributed by atoms with Crippen LogP contribution in [0, 0.1) is 18.6 Å². The maximum Gasteiger partial charge on any atom is 0.145 e. The molecule has 0 aliphatic rings. The van der Waals surface area contributed by atoms with E-state index < -0.39 is 17.7 Å². The smallest absolute Gasteiger partial charge is 0.145 e. The van der Waals surface area contributed by atoms with E-state index in [4.69, 9.17) is 5.84 Å². The first-order valence-corrected chi connectivity index (χ1v) is 7.40. The third-order valence-corrected chi connectivity index (χ3v) is 4.33. The van der Waals surface area contributed by atoms with Gasteiger partial charge in [0.15, 0.2) is 0 Å². The summed E-state index contributed by atoms with van der Waals surface area (Å²) in [6.45, 7) is 1.90. The van der Waals surface area contributed by atoms with Gasteiger partial charge in [0.25, 0.3) is 0 Å². The summed E-state index contributed by atoms with van der Waals surface area (Å²) in [5.41, 5.74) is 4.00. The van der Waals surface area contributed by atoms with Crippen LogP contribution in [0.1, 0.15) is 22.7 Å². The molecule has 0 aliphatic heterocycles. The quantitative estimate of drug-likeness (QED) is 0.452. The van der Waals surface area contributed by atoms with E-state index in [0.717, 1.165) is 10.0 Å². The molecule has 0 bridgehead atoms. The number of halogens is 4. The van der Waals surface area contributed by atoms with Crippen LogP contribution in [-0.4, -0.2) is 0 Å². The van der Waals surface area contributed by atoms with E-state index in [9.17, 15) is 8.78 Å². The SMILES string of the molecule is Cc1ccc(Br)c(C(NN)c2c(F)ccc(Br)c2F)c1. The fourth-order valence-corrected chi connectivity index (χ4v) is 2.84. The monoisotopic (exact) mass is 404 g/mol. The standard InChI is InChI=1S/C14H12Br2F2N2/c1-7-2-3-9(15)8(6-7)14(20-19)12-11(17)5-4-10(16)13(12)18/h2-6,14,20H,19H2,1H3. The molecular weight excluding hydrogens is 394 g/mol. The molecule has 2 aromatic rings. The third-order valence-electron chi connectivity index (χ3n) is 3.00. The number of hydrogen-bond acceptors (Lipinski definition) is 2. The molecule has 0 aliphatic carbocycles. The lowest BCUT2D eigenvalue weighted by molar-refractivity contribution is 0.506. The van der Waals surface area contributed by atoms with Gasteiger partial charge in [-0.3, -0.25) is 5.84 Å². The van der Waals surface area contributed by atoms with Crippen LogP contribution in [0.5, 0.6) is 0 Å². The van der Waals surface area contributed by atoms with Crippen LogP contribution < -0.4 is 11.3 Å². The molecule has 1 unspecified atom stereocenters.